The summed E-state index contributed by atoms with van der Waals surface area (Å²) in [7, 11) is 0. The van der Waals surface area contributed by atoms with Crippen LogP contribution in [0.25, 0.3) is 6.08 Å². The van der Waals surface area contributed by atoms with Crippen molar-refractivity contribution >= 4 is 46.9 Å². The minimum absolute atomic E-state index is 0.0265. The van der Waals surface area contributed by atoms with Gasteiger partial charge in [-0.1, -0.05) is 29.8 Å². The van der Waals surface area contributed by atoms with Crippen molar-refractivity contribution in [1.29, 1.82) is 0 Å². The number of halogens is 2. The van der Waals surface area contributed by atoms with Crippen LogP contribution in [0.1, 0.15) is 11.1 Å². The normalized spacial score (nSPS) is 14.7. The van der Waals surface area contributed by atoms with Gasteiger partial charge < -0.3 is 4.74 Å². The molecule has 3 aromatic rings. The maximum Gasteiger partial charge on any atom is 0.335 e. The number of hydrogen-bond acceptors (Lipinski definition) is 6. The van der Waals surface area contributed by atoms with Crippen LogP contribution in [0.3, 0.4) is 0 Å². The molecule has 0 aromatic heterocycles. The van der Waals surface area contributed by atoms with Crippen LogP contribution in [0.2, 0.25) is 5.02 Å². The molecule has 0 unspecified atom stereocenters. The number of barbiturate groups is 1. The van der Waals surface area contributed by atoms with Crippen LogP contribution in [0, 0.1) is 15.9 Å². The van der Waals surface area contributed by atoms with E-state index >= 15 is 0 Å². The molecule has 4 rings (SSSR count). The van der Waals surface area contributed by atoms with Crippen LogP contribution in [-0.2, 0) is 16.2 Å². The Balaban J connectivity index is 1.67. The molecule has 4 amide bonds. The van der Waals surface area contributed by atoms with Gasteiger partial charge in [0.1, 0.15) is 23.7 Å². The number of amides is 4. The molecule has 1 saturated heterocycles. The van der Waals surface area contributed by atoms with Crippen molar-refractivity contribution in [3.05, 3.63) is 104 Å². The van der Waals surface area contributed by atoms with E-state index in [2.05, 4.69) is 5.32 Å². The van der Waals surface area contributed by atoms with Crippen LogP contribution in [-0.4, -0.2) is 22.8 Å². The van der Waals surface area contributed by atoms with Crippen molar-refractivity contribution < 1.29 is 28.4 Å². The van der Waals surface area contributed by atoms with Crippen molar-refractivity contribution in [2.45, 2.75) is 6.61 Å². The van der Waals surface area contributed by atoms with E-state index in [1.54, 1.807) is 18.2 Å². The summed E-state index contributed by atoms with van der Waals surface area (Å²) in [4.78, 5) is 48.9. The molecule has 1 aliphatic heterocycles. The fourth-order valence-electron chi connectivity index (χ4n) is 3.31. The third-order valence-electron chi connectivity index (χ3n) is 5.03. The lowest BCUT2D eigenvalue weighted by Crippen LogP contribution is -2.54. The van der Waals surface area contributed by atoms with Gasteiger partial charge in [0.15, 0.2) is 0 Å². The number of urea groups is 1. The van der Waals surface area contributed by atoms with Gasteiger partial charge in [0.2, 0.25) is 0 Å². The standard InChI is InChI=1S/C24H15ClFN3O6/c25-16-5-10-21(35-13-14-3-1-2-4-20(14)26)15(11-16)12-19-22(30)27-24(32)28(23(19)31)17-6-8-18(9-7-17)29(33)34/h1-12H,13H2,(H,27,30,32)/b19-12+. The number of anilines is 1. The minimum atomic E-state index is -1.01. The lowest BCUT2D eigenvalue weighted by atomic mass is 10.1. The van der Waals surface area contributed by atoms with E-state index in [9.17, 15) is 28.9 Å². The molecule has 176 valence electrons. The summed E-state index contributed by atoms with van der Waals surface area (Å²) in [6, 6.07) is 14.2. The molecule has 9 nitrogen and oxygen atoms in total. The maximum atomic E-state index is 14.0. The molecular weight excluding hydrogens is 481 g/mol. The van der Waals surface area contributed by atoms with E-state index in [0.29, 0.717) is 10.5 Å². The Morgan fingerprint density at radius 2 is 1.77 bits per heavy atom. The van der Waals surface area contributed by atoms with Crippen molar-refractivity contribution in [2.75, 3.05) is 4.90 Å². The van der Waals surface area contributed by atoms with Gasteiger partial charge in [-0.15, -0.1) is 0 Å². The summed E-state index contributed by atoms with van der Waals surface area (Å²) in [5.74, 6) is -2.14. The zero-order valence-electron chi connectivity index (χ0n) is 17.7. The Kier molecular flexibility index (Phi) is 6.56. The maximum absolute atomic E-state index is 14.0. The van der Waals surface area contributed by atoms with Crippen molar-refractivity contribution in [3.63, 3.8) is 0 Å². The number of ether oxygens (including phenoxy) is 1. The molecule has 0 atom stereocenters. The van der Waals surface area contributed by atoms with Crippen LogP contribution < -0.4 is 15.0 Å². The number of hydrogen-bond donors (Lipinski definition) is 1. The van der Waals surface area contributed by atoms with E-state index in [0.717, 1.165) is 12.1 Å². The predicted octanol–water partition coefficient (Wildman–Crippen LogP) is 4.63. The molecule has 0 saturated carbocycles. The van der Waals surface area contributed by atoms with Gasteiger partial charge in [-0.05, 0) is 42.5 Å². The summed E-state index contributed by atoms with van der Waals surface area (Å²) in [5, 5.41) is 13.2. The molecule has 0 bridgehead atoms. The number of carbonyl (C=O) groups is 3. The molecule has 1 fully saturated rings. The molecule has 1 aliphatic rings. The highest BCUT2D eigenvalue weighted by Crippen LogP contribution is 2.29. The molecule has 35 heavy (non-hydrogen) atoms. The molecule has 3 aromatic carbocycles. The molecule has 11 heteroatoms. The smallest absolute Gasteiger partial charge is 0.335 e. The number of benzene rings is 3. The lowest BCUT2D eigenvalue weighted by molar-refractivity contribution is -0.384. The Morgan fingerprint density at radius 1 is 1.06 bits per heavy atom. The number of nitro groups is 1. The number of nitrogens with zero attached hydrogens (tertiary/aromatic N) is 2. The first-order chi connectivity index (χ1) is 16.7. The van der Waals surface area contributed by atoms with Gasteiger partial charge in [0.05, 0.1) is 10.6 Å². The third-order valence-corrected chi connectivity index (χ3v) is 5.27. The molecule has 1 N–H and O–H groups in total. The Hall–Kier alpha value is -4.57. The summed E-state index contributed by atoms with van der Waals surface area (Å²) in [6.45, 7) is -0.127. The first kappa shape index (κ1) is 23.6. The lowest BCUT2D eigenvalue weighted by Gasteiger charge is -2.26. The fraction of sp³-hybridized carbons (Fsp3) is 0.0417. The Labute approximate surface area is 202 Å². The van der Waals surface area contributed by atoms with E-state index in [1.807, 2.05) is 0 Å². The van der Waals surface area contributed by atoms with Gasteiger partial charge in [-0.3, -0.25) is 25.0 Å². The van der Waals surface area contributed by atoms with E-state index in [-0.39, 0.29) is 34.3 Å². The predicted molar refractivity (Wildman–Crippen MR) is 124 cm³/mol. The second-order valence-electron chi connectivity index (χ2n) is 7.29. The van der Waals surface area contributed by atoms with Gasteiger partial charge in [0, 0.05) is 28.3 Å². The molecule has 0 radical (unpaired) electrons. The number of carbonyl (C=O) groups excluding carboxylic acids is 3. The largest absolute Gasteiger partial charge is 0.488 e. The highest BCUT2D eigenvalue weighted by molar-refractivity contribution is 6.39. The van der Waals surface area contributed by atoms with Crippen LogP contribution in [0.15, 0.2) is 72.3 Å². The summed E-state index contributed by atoms with van der Waals surface area (Å²) in [6.07, 6.45) is 1.20. The zero-order chi connectivity index (χ0) is 25.1. The quantitative estimate of drug-likeness (QED) is 0.230. The average molecular weight is 496 g/mol. The average Bonchev–Trinajstić information content (AvgIpc) is 2.82. The number of non-ortho nitro benzene ring substituents is 1. The topological polar surface area (TPSA) is 119 Å². The molecule has 0 aliphatic carbocycles. The summed E-state index contributed by atoms with van der Waals surface area (Å²) >= 11 is 6.09. The van der Waals surface area contributed by atoms with Crippen molar-refractivity contribution in [2.24, 2.45) is 0 Å². The highest BCUT2D eigenvalue weighted by Gasteiger charge is 2.37. The molecular formula is C24H15ClFN3O6. The Morgan fingerprint density at radius 3 is 2.46 bits per heavy atom. The second-order valence-corrected chi connectivity index (χ2v) is 7.73. The second kappa shape index (κ2) is 9.74. The van der Waals surface area contributed by atoms with Gasteiger partial charge in [-0.25, -0.2) is 14.1 Å². The van der Waals surface area contributed by atoms with E-state index in [1.165, 1.54) is 42.5 Å². The Bertz CT molecular complexity index is 1390. The number of imide groups is 2. The van der Waals surface area contributed by atoms with Crippen LogP contribution >= 0.6 is 11.6 Å². The fourth-order valence-corrected chi connectivity index (χ4v) is 3.49. The number of rotatable bonds is 6. The highest BCUT2D eigenvalue weighted by atomic mass is 35.5. The molecule has 0 spiro atoms. The number of nitro benzene ring substituents is 1. The number of nitrogens with one attached hydrogen (secondary N) is 1. The SMILES string of the molecule is O=C1NC(=O)N(c2ccc([N+](=O)[O-])cc2)C(=O)/C1=C/c1cc(Cl)ccc1OCc1ccccc1F. The molecule has 1 heterocycles. The first-order valence-corrected chi connectivity index (χ1v) is 10.4. The van der Waals surface area contributed by atoms with Gasteiger partial charge in [0.25, 0.3) is 17.5 Å². The van der Waals surface area contributed by atoms with Crippen LogP contribution in [0.4, 0.5) is 20.6 Å². The van der Waals surface area contributed by atoms with Gasteiger partial charge in [-0.2, -0.15) is 0 Å². The first-order valence-electron chi connectivity index (χ1n) is 10.1. The van der Waals surface area contributed by atoms with E-state index < -0.39 is 34.2 Å². The summed E-state index contributed by atoms with van der Waals surface area (Å²) < 4.78 is 19.7. The summed E-state index contributed by atoms with van der Waals surface area (Å²) in [5.41, 5.74) is -0.0755. The monoisotopic (exact) mass is 495 g/mol. The van der Waals surface area contributed by atoms with Crippen molar-refractivity contribution in [1.82, 2.24) is 5.32 Å². The zero-order valence-corrected chi connectivity index (χ0v) is 18.5. The van der Waals surface area contributed by atoms with Gasteiger partial charge >= 0.3 is 6.03 Å². The minimum Gasteiger partial charge on any atom is -0.488 e. The van der Waals surface area contributed by atoms with Crippen molar-refractivity contribution in [3.8, 4) is 5.75 Å². The van der Waals surface area contributed by atoms with Crippen LogP contribution in [0.5, 0.6) is 5.75 Å². The third kappa shape index (κ3) is 5.02. The van der Waals surface area contributed by atoms with E-state index in [4.69, 9.17) is 16.3 Å².